The monoisotopic (exact) mass is 244 g/mol. The molecule has 0 radical (unpaired) electrons. The van der Waals surface area contributed by atoms with Gasteiger partial charge in [0.05, 0.1) is 0 Å². The molecule has 13 heavy (non-hydrogen) atoms. The normalized spacial score (nSPS) is 22.4. The molecule has 1 saturated carbocycles. The first-order chi connectivity index (χ1) is 5.75. The summed E-state index contributed by atoms with van der Waals surface area (Å²) in [6.45, 7) is 4.43. The van der Waals surface area contributed by atoms with Gasteiger partial charge < -0.3 is 5.11 Å². The quantitative estimate of drug-likeness (QED) is 0.701. The molecule has 0 aliphatic heterocycles. The van der Waals surface area contributed by atoms with Gasteiger partial charge >= 0.3 is 5.43 Å². The molecule has 1 aliphatic rings. The van der Waals surface area contributed by atoms with Crippen LogP contribution in [0.1, 0.15) is 20.3 Å². The second-order valence-corrected chi connectivity index (χ2v) is 4.84. The van der Waals surface area contributed by atoms with E-state index in [0.717, 1.165) is 0 Å². The van der Waals surface area contributed by atoms with Gasteiger partial charge in [-0.1, -0.05) is 43.1 Å². The molecule has 0 aromatic carbocycles. The Hall–Kier alpha value is 0.0800. The predicted octanol–water partition coefficient (Wildman–Crippen LogP) is 4.25. The molecule has 0 saturated heterocycles. The lowest BCUT2D eigenvalue weighted by atomic mass is 10.1. The minimum atomic E-state index is -1.36. The summed E-state index contributed by atoms with van der Waals surface area (Å²) in [5.74, 6) is 0.613. The fourth-order valence-electron chi connectivity index (χ4n) is 0.944. The first-order valence-corrected chi connectivity index (χ1v) is 4.80. The Labute approximate surface area is 92.5 Å². The van der Waals surface area contributed by atoms with Crippen molar-refractivity contribution in [3.8, 4) is 0 Å². The third kappa shape index (κ3) is 7.17. The van der Waals surface area contributed by atoms with Crippen LogP contribution in [0.3, 0.4) is 0 Å². The summed E-state index contributed by atoms with van der Waals surface area (Å²) < 4.78 is 0.408. The number of halogens is 3. The van der Waals surface area contributed by atoms with Crippen LogP contribution in [0.25, 0.3) is 0 Å². The van der Waals surface area contributed by atoms with Crippen molar-refractivity contribution in [2.24, 2.45) is 11.3 Å². The van der Waals surface area contributed by atoms with E-state index in [1.807, 2.05) is 6.08 Å². The Morgan fingerprint density at radius 1 is 1.46 bits per heavy atom. The molecule has 0 aromatic heterocycles. The second kappa shape index (κ2) is 5.08. The van der Waals surface area contributed by atoms with Crippen LogP contribution in [0.4, 0.5) is 4.79 Å². The van der Waals surface area contributed by atoms with Gasteiger partial charge in [0.15, 0.2) is 0 Å². The fourth-order valence-corrected chi connectivity index (χ4v) is 1.25. The summed E-state index contributed by atoms with van der Waals surface area (Å²) in [4.78, 5) is 8.77. The van der Waals surface area contributed by atoms with Crippen molar-refractivity contribution in [1.82, 2.24) is 0 Å². The van der Waals surface area contributed by atoms with Crippen LogP contribution in [-0.2, 0) is 0 Å². The van der Waals surface area contributed by atoms with Gasteiger partial charge in [-0.3, -0.25) is 0 Å². The maximum Gasteiger partial charge on any atom is 0.401 e. The van der Waals surface area contributed by atoms with Crippen LogP contribution in [0, 0.1) is 11.3 Å². The third-order valence-electron chi connectivity index (χ3n) is 1.92. The molecular formula is C8H11Cl3O2. The van der Waals surface area contributed by atoms with E-state index in [9.17, 15) is 0 Å². The standard InChI is InChI=1S/C7H10Cl2.CHClO2/c1-7(2)4-5(7)3-6(8)9;2-1(3)4/h3,5H,4H2,1-2H3;(H,3,4). The third-order valence-corrected chi connectivity index (χ3v) is 2.17. The SMILES string of the molecule is CC1(C)CC1C=C(Cl)Cl.O=C(O)Cl. The van der Waals surface area contributed by atoms with Crippen LogP contribution in [0.15, 0.2) is 10.6 Å². The molecule has 76 valence electrons. The lowest BCUT2D eigenvalue weighted by Gasteiger charge is -1.94. The summed E-state index contributed by atoms with van der Waals surface area (Å²) in [6, 6.07) is 0. The largest absolute Gasteiger partial charge is 0.469 e. The Morgan fingerprint density at radius 2 is 1.77 bits per heavy atom. The van der Waals surface area contributed by atoms with Crippen LogP contribution >= 0.6 is 34.8 Å². The second-order valence-electron chi connectivity index (χ2n) is 3.51. The van der Waals surface area contributed by atoms with Crippen LogP contribution < -0.4 is 0 Å². The average Bonchev–Trinajstić information content (AvgIpc) is 2.34. The molecule has 0 aromatic rings. The topological polar surface area (TPSA) is 37.3 Å². The zero-order valence-electron chi connectivity index (χ0n) is 7.35. The molecule has 2 nitrogen and oxygen atoms in total. The number of carbonyl (C=O) groups is 1. The van der Waals surface area contributed by atoms with Crippen LogP contribution in [0.5, 0.6) is 0 Å². The van der Waals surface area contributed by atoms with Crippen molar-refractivity contribution in [2.75, 3.05) is 0 Å². The van der Waals surface area contributed by atoms with E-state index in [4.69, 9.17) is 33.1 Å². The first kappa shape index (κ1) is 13.1. The van der Waals surface area contributed by atoms with Gasteiger partial charge in [0.25, 0.3) is 0 Å². The van der Waals surface area contributed by atoms with Crippen molar-refractivity contribution in [1.29, 1.82) is 0 Å². The highest BCUT2D eigenvalue weighted by molar-refractivity contribution is 6.60. The van der Waals surface area contributed by atoms with E-state index in [1.54, 1.807) is 0 Å². The van der Waals surface area contributed by atoms with E-state index in [1.165, 1.54) is 6.42 Å². The summed E-state index contributed by atoms with van der Waals surface area (Å²) in [5.41, 5.74) is -0.908. The molecule has 1 N–H and O–H groups in total. The van der Waals surface area contributed by atoms with Gasteiger partial charge in [-0.05, 0) is 17.8 Å². The number of rotatable bonds is 1. The highest BCUT2D eigenvalue weighted by atomic mass is 35.5. The molecule has 5 heteroatoms. The fraction of sp³-hybridized carbons (Fsp3) is 0.625. The van der Waals surface area contributed by atoms with Crippen molar-refractivity contribution in [2.45, 2.75) is 20.3 Å². The maximum atomic E-state index is 8.77. The highest BCUT2D eigenvalue weighted by Crippen LogP contribution is 2.53. The van der Waals surface area contributed by atoms with Crippen molar-refractivity contribution >= 4 is 40.2 Å². The lowest BCUT2D eigenvalue weighted by molar-refractivity contribution is 0.220. The number of allylic oxidation sites excluding steroid dienone is 1. The van der Waals surface area contributed by atoms with Gasteiger partial charge in [-0.15, -0.1) is 0 Å². The average molecular weight is 246 g/mol. The molecule has 1 unspecified atom stereocenters. The summed E-state index contributed by atoms with van der Waals surface area (Å²) >= 11 is 15.1. The Bertz CT molecular complexity index is 215. The van der Waals surface area contributed by atoms with E-state index in [2.05, 4.69) is 25.4 Å². The van der Waals surface area contributed by atoms with Crippen LogP contribution in [-0.4, -0.2) is 10.5 Å². The first-order valence-electron chi connectivity index (χ1n) is 3.67. The molecule has 1 aliphatic carbocycles. The molecule has 0 amide bonds. The van der Waals surface area contributed by atoms with Crippen molar-refractivity contribution in [3.05, 3.63) is 10.6 Å². The molecule has 0 bridgehead atoms. The predicted molar refractivity (Wildman–Crippen MR) is 55.6 cm³/mol. The lowest BCUT2D eigenvalue weighted by Crippen LogP contribution is -1.85. The van der Waals surface area contributed by atoms with Gasteiger partial charge in [-0.25, -0.2) is 4.79 Å². The number of carboxylic acid groups (broad SMARTS) is 1. The summed E-state index contributed by atoms with van der Waals surface area (Å²) in [5, 5.41) is 7.18. The number of hydrogen-bond acceptors (Lipinski definition) is 1. The summed E-state index contributed by atoms with van der Waals surface area (Å²) in [6.07, 6.45) is 3.14. The molecule has 1 atom stereocenters. The van der Waals surface area contributed by atoms with E-state index >= 15 is 0 Å². The zero-order chi connectivity index (χ0) is 10.6. The Morgan fingerprint density at radius 3 is 1.85 bits per heavy atom. The maximum absolute atomic E-state index is 8.77. The van der Waals surface area contributed by atoms with Gasteiger partial charge in [0.2, 0.25) is 0 Å². The molecular weight excluding hydrogens is 234 g/mol. The van der Waals surface area contributed by atoms with E-state index in [-0.39, 0.29) is 0 Å². The van der Waals surface area contributed by atoms with Crippen molar-refractivity contribution < 1.29 is 9.90 Å². The highest BCUT2D eigenvalue weighted by Gasteiger charge is 2.43. The van der Waals surface area contributed by atoms with Crippen molar-refractivity contribution in [3.63, 3.8) is 0 Å². The molecule has 1 fully saturated rings. The van der Waals surface area contributed by atoms with E-state index < -0.39 is 5.43 Å². The van der Waals surface area contributed by atoms with Crippen LogP contribution in [0.2, 0.25) is 0 Å². The Balaban J connectivity index is 0.000000310. The molecule has 0 spiro atoms. The van der Waals surface area contributed by atoms with E-state index in [0.29, 0.717) is 15.8 Å². The molecule has 1 rings (SSSR count). The van der Waals surface area contributed by atoms with Gasteiger partial charge in [0, 0.05) is 11.6 Å². The zero-order valence-corrected chi connectivity index (χ0v) is 9.62. The van der Waals surface area contributed by atoms with Gasteiger partial charge in [-0.2, -0.15) is 0 Å². The molecule has 0 heterocycles. The summed E-state index contributed by atoms with van der Waals surface area (Å²) in [7, 11) is 0. The Kier molecular flexibility index (Phi) is 5.11. The smallest absolute Gasteiger partial charge is 0.401 e. The van der Waals surface area contributed by atoms with Gasteiger partial charge in [0.1, 0.15) is 4.49 Å². The number of hydrogen-bond donors (Lipinski definition) is 1. The minimum Gasteiger partial charge on any atom is -0.469 e. The minimum absolute atomic E-state index is 0.408.